The largest absolute Gasteiger partial charge is 0.368 e. The minimum absolute atomic E-state index is 0.257. The van der Waals surface area contributed by atoms with Gasteiger partial charge in [-0.3, -0.25) is 4.68 Å². The molecule has 1 atom stereocenters. The zero-order valence-corrected chi connectivity index (χ0v) is 13.7. The Kier molecular flexibility index (Phi) is 3.90. The normalized spacial score (nSPS) is 12.4. The topological polar surface area (TPSA) is 47.7 Å². The molecule has 5 nitrogen and oxygen atoms in total. The summed E-state index contributed by atoms with van der Waals surface area (Å²) in [4.78, 5) is 4.40. The third-order valence-corrected chi connectivity index (χ3v) is 4.13. The molecule has 0 fully saturated rings. The van der Waals surface area contributed by atoms with E-state index in [1.54, 1.807) is 18.3 Å². The average molecular weight is 313 g/mol. The second-order valence-electron chi connectivity index (χ2n) is 5.66. The highest BCUT2D eigenvalue weighted by Crippen LogP contribution is 2.30. The van der Waals surface area contributed by atoms with Crippen LogP contribution < -0.4 is 5.32 Å². The lowest BCUT2D eigenvalue weighted by Gasteiger charge is -2.21. The van der Waals surface area contributed by atoms with Crippen LogP contribution in [0.5, 0.6) is 0 Å². The highest BCUT2D eigenvalue weighted by Gasteiger charge is 2.23. The van der Waals surface area contributed by atoms with Crippen molar-refractivity contribution in [2.45, 2.75) is 19.9 Å². The number of halogens is 1. The monoisotopic (exact) mass is 313 g/mol. The Morgan fingerprint density at radius 1 is 1.17 bits per heavy atom. The molecule has 0 saturated heterocycles. The molecule has 0 spiro atoms. The summed E-state index contributed by atoms with van der Waals surface area (Å²) in [5.74, 6) is 0.491. The van der Waals surface area contributed by atoms with Gasteiger partial charge in [-0.25, -0.2) is 9.37 Å². The number of hydrogen-bond donors (Lipinski definition) is 1. The Hall–Kier alpha value is -2.63. The fourth-order valence-corrected chi connectivity index (χ4v) is 2.77. The second-order valence-corrected chi connectivity index (χ2v) is 5.66. The molecular formula is C17H20FN5. The number of nitrogens with one attached hydrogen (secondary N) is 1. The lowest BCUT2D eigenvalue weighted by Crippen LogP contribution is -2.18. The third kappa shape index (κ3) is 2.72. The minimum Gasteiger partial charge on any atom is -0.368 e. The van der Waals surface area contributed by atoms with Crippen LogP contribution in [0.25, 0.3) is 0 Å². The van der Waals surface area contributed by atoms with E-state index in [9.17, 15) is 4.39 Å². The van der Waals surface area contributed by atoms with Crippen LogP contribution in [0.15, 0.2) is 36.7 Å². The van der Waals surface area contributed by atoms with Gasteiger partial charge in [-0.15, -0.1) is 0 Å². The van der Waals surface area contributed by atoms with Crippen LogP contribution in [0.1, 0.15) is 28.8 Å². The standard InChI is InChI=1S/C17H20FN5/c1-11-15(12(2)23(4)21-11)20-16(17-19-9-10-22(17)3)13-7-5-6-8-14(13)18/h5-10,16,20H,1-4H3. The van der Waals surface area contributed by atoms with Crippen LogP contribution in [0.3, 0.4) is 0 Å². The lowest BCUT2D eigenvalue weighted by molar-refractivity contribution is 0.596. The van der Waals surface area contributed by atoms with Gasteiger partial charge in [-0.2, -0.15) is 5.10 Å². The maximum Gasteiger partial charge on any atom is 0.135 e. The Bertz CT molecular complexity index is 833. The Balaban J connectivity index is 2.10. The molecule has 0 aliphatic heterocycles. The summed E-state index contributed by atoms with van der Waals surface area (Å²) >= 11 is 0. The number of rotatable bonds is 4. The first kappa shape index (κ1) is 15.3. The number of hydrogen-bond acceptors (Lipinski definition) is 3. The van der Waals surface area contributed by atoms with Crippen molar-refractivity contribution >= 4 is 5.69 Å². The van der Waals surface area contributed by atoms with E-state index in [4.69, 9.17) is 0 Å². The Morgan fingerprint density at radius 2 is 1.91 bits per heavy atom. The molecule has 0 bridgehead atoms. The molecule has 0 radical (unpaired) electrons. The van der Waals surface area contributed by atoms with Gasteiger partial charge in [0.1, 0.15) is 17.7 Å². The molecule has 6 heteroatoms. The summed E-state index contributed by atoms with van der Waals surface area (Å²) in [5, 5.41) is 7.85. The van der Waals surface area contributed by atoms with Crippen molar-refractivity contribution in [1.29, 1.82) is 0 Å². The van der Waals surface area contributed by atoms with Gasteiger partial charge in [0, 0.05) is 32.1 Å². The van der Waals surface area contributed by atoms with Gasteiger partial charge in [0.15, 0.2) is 0 Å². The fraction of sp³-hybridized carbons (Fsp3) is 0.294. The van der Waals surface area contributed by atoms with Crippen molar-refractivity contribution < 1.29 is 4.39 Å². The van der Waals surface area contributed by atoms with Crippen LogP contribution in [0, 0.1) is 19.7 Å². The average Bonchev–Trinajstić information content (AvgIpc) is 3.03. The van der Waals surface area contributed by atoms with Crippen molar-refractivity contribution in [1.82, 2.24) is 19.3 Å². The fourth-order valence-electron chi connectivity index (χ4n) is 2.77. The third-order valence-electron chi connectivity index (χ3n) is 4.13. The predicted octanol–water partition coefficient (Wildman–Crippen LogP) is 3.11. The smallest absolute Gasteiger partial charge is 0.135 e. The number of anilines is 1. The van der Waals surface area contributed by atoms with Crippen molar-refractivity contribution in [3.63, 3.8) is 0 Å². The van der Waals surface area contributed by atoms with E-state index in [0.29, 0.717) is 5.56 Å². The predicted molar refractivity (Wildman–Crippen MR) is 87.8 cm³/mol. The maximum atomic E-state index is 14.4. The summed E-state index contributed by atoms with van der Waals surface area (Å²) in [6.07, 6.45) is 3.57. The number of aromatic nitrogens is 4. The summed E-state index contributed by atoms with van der Waals surface area (Å²) in [6.45, 7) is 3.92. The van der Waals surface area contributed by atoms with E-state index in [2.05, 4.69) is 15.4 Å². The Morgan fingerprint density at radius 3 is 2.48 bits per heavy atom. The Labute approximate surface area is 134 Å². The summed E-state index contributed by atoms with van der Waals surface area (Å²) in [5.41, 5.74) is 3.34. The van der Waals surface area contributed by atoms with Crippen LogP contribution >= 0.6 is 0 Å². The number of aryl methyl sites for hydroxylation is 3. The molecule has 0 aliphatic carbocycles. The molecule has 1 unspecified atom stereocenters. The van der Waals surface area contributed by atoms with E-state index in [0.717, 1.165) is 22.9 Å². The van der Waals surface area contributed by atoms with Crippen LogP contribution in [-0.2, 0) is 14.1 Å². The zero-order valence-electron chi connectivity index (χ0n) is 13.7. The van der Waals surface area contributed by atoms with Gasteiger partial charge in [-0.1, -0.05) is 18.2 Å². The van der Waals surface area contributed by atoms with Crippen LogP contribution in [0.2, 0.25) is 0 Å². The van der Waals surface area contributed by atoms with Gasteiger partial charge in [0.25, 0.3) is 0 Å². The molecule has 0 amide bonds. The summed E-state index contributed by atoms with van der Waals surface area (Å²) in [7, 11) is 3.80. The van der Waals surface area contributed by atoms with Gasteiger partial charge in [-0.05, 0) is 19.9 Å². The molecule has 2 aromatic heterocycles. The van der Waals surface area contributed by atoms with Crippen molar-refractivity contribution in [2.24, 2.45) is 14.1 Å². The molecule has 120 valence electrons. The molecule has 2 heterocycles. The second kappa shape index (κ2) is 5.87. The van der Waals surface area contributed by atoms with E-state index in [1.165, 1.54) is 6.07 Å². The number of nitrogens with zero attached hydrogens (tertiary/aromatic N) is 4. The molecule has 1 aromatic carbocycles. The first-order valence-electron chi connectivity index (χ1n) is 7.47. The van der Waals surface area contributed by atoms with Crippen LogP contribution in [0.4, 0.5) is 10.1 Å². The molecule has 3 aromatic rings. The number of benzene rings is 1. The van der Waals surface area contributed by atoms with E-state index in [1.807, 2.05) is 49.5 Å². The van der Waals surface area contributed by atoms with Gasteiger partial charge in [0.05, 0.1) is 17.1 Å². The van der Waals surface area contributed by atoms with E-state index < -0.39 is 6.04 Å². The molecule has 3 rings (SSSR count). The van der Waals surface area contributed by atoms with Gasteiger partial charge < -0.3 is 9.88 Å². The summed E-state index contributed by atoms with van der Waals surface area (Å²) in [6, 6.07) is 6.38. The molecule has 1 N–H and O–H groups in total. The van der Waals surface area contributed by atoms with Crippen LogP contribution in [-0.4, -0.2) is 19.3 Å². The van der Waals surface area contributed by atoms with Crippen molar-refractivity contribution in [3.05, 3.63) is 65.3 Å². The summed E-state index contributed by atoms with van der Waals surface area (Å²) < 4.78 is 18.1. The molecule has 0 saturated carbocycles. The quantitative estimate of drug-likeness (QED) is 0.805. The first-order chi connectivity index (χ1) is 11.0. The van der Waals surface area contributed by atoms with Crippen molar-refractivity contribution in [2.75, 3.05) is 5.32 Å². The minimum atomic E-state index is -0.391. The van der Waals surface area contributed by atoms with Crippen molar-refractivity contribution in [3.8, 4) is 0 Å². The van der Waals surface area contributed by atoms with Gasteiger partial charge >= 0.3 is 0 Å². The molecular weight excluding hydrogens is 293 g/mol. The molecule has 0 aliphatic rings. The highest BCUT2D eigenvalue weighted by molar-refractivity contribution is 5.55. The van der Waals surface area contributed by atoms with E-state index in [-0.39, 0.29) is 5.82 Å². The van der Waals surface area contributed by atoms with E-state index >= 15 is 0 Å². The maximum absolute atomic E-state index is 14.4. The highest BCUT2D eigenvalue weighted by atomic mass is 19.1. The number of imidazole rings is 1. The first-order valence-corrected chi connectivity index (χ1v) is 7.47. The SMILES string of the molecule is Cc1nn(C)c(C)c1NC(c1ccccc1F)c1nccn1C. The molecule has 23 heavy (non-hydrogen) atoms. The zero-order chi connectivity index (χ0) is 16.6. The lowest BCUT2D eigenvalue weighted by atomic mass is 10.0. The van der Waals surface area contributed by atoms with Gasteiger partial charge in [0.2, 0.25) is 0 Å².